The topological polar surface area (TPSA) is 382 Å². The number of unbranched alkanes of at least 4 members (excludes halogenated alkanes) is 3. The number of aliphatic hydroxyl groups excluding tert-OH is 1. The molecule has 0 aromatic heterocycles. The number of fused-ring (bicyclic) bond motifs is 2. The summed E-state index contributed by atoms with van der Waals surface area (Å²) in [7, 11) is 0. The fourth-order valence-electron chi connectivity index (χ4n) is 9.62. The maximum atomic E-state index is 13.5. The minimum atomic E-state index is -1.14. The first kappa shape index (κ1) is 61.4. The van der Waals surface area contributed by atoms with Crippen molar-refractivity contribution in [2.75, 3.05) is 62.8 Å². The lowest BCUT2D eigenvalue weighted by atomic mass is 9.91. The van der Waals surface area contributed by atoms with Crippen LogP contribution in [-0.2, 0) is 55.8 Å². The number of anilines is 1. The van der Waals surface area contributed by atoms with E-state index in [0.717, 1.165) is 47.7 Å². The highest BCUT2D eigenvalue weighted by Gasteiger charge is 2.43. The number of amides is 8. The first-order valence-electron chi connectivity index (χ1n) is 26.7. The largest absolute Gasteiger partial charge is 0.507 e. The molecule has 8 amide bonds. The smallest absolute Gasteiger partial charge is 0.315 e. The normalized spacial score (nSPS) is 20.3. The molecule has 4 aliphatic heterocycles. The fourth-order valence-corrected chi connectivity index (χ4v) is 12.3. The van der Waals surface area contributed by atoms with Crippen molar-refractivity contribution in [3.8, 4) is 28.7 Å². The van der Waals surface area contributed by atoms with E-state index >= 15 is 0 Å². The highest BCUT2D eigenvalue weighted by atomic mass is 32.2. The van der Waals surface area contributed by atoms with Crippen LogP contribution in [0.1, 0.15) is 87.0 Å². The molecule has 7 rings (SSSR count). The monoisotopic (exact) mass is 1160 g/mol. The maximum Gasteiger partial charge on any atom is 0.315 e. The molecular formula is C53H68N10O16S2. The highest BCUT2D eigenvalue weighted by Crippen LogP contribution is 2.46. The molecule has 4 aliphatic rings. The number of benzene rings is 3. The average molecular weight is 1170 g/mol. The van der Waals surface area contributed by atoms with Crippen molar-refractivity contribution in [3.05, 3.63) is 75.7 Å². The molecule has 0 aliphatic carbocycles. The zero-order chi connectivity index (χ0) is 57.8. The van der Waals surface area contributed by atoms with E-state index in [4.69, 9.17) is 24.5 Å². The van der Waals surface area contributed by atoms with E-state index in [1.807, 2.05) is 11.8 Å². The van der Waals surface area contributed by atoms with Crippen LogP contribution in [0.25, 0.3) is 10.4 Å². The summed E-state index contributed by atoms with van der Waals surface area (Å²) in [5, 5.41) is 72.0. The number of thioether (sulfide) groups is 2. The lowest BCUT2D eigenvalue weighted by Gasteiger charge is -2.33. The molecule has 0 spiro atoms. The van der Waals surface area contributed by atoms with Gasteiger partial charge in [0.25, 0.3) is 0 Å². The van der Waals surface area contributed by atoms with Crippen molar-refractivity contribution < 1.29 is 78.0 Å². The van der Waals surface area contributed by atoms with E-state index in [2.05, 4.69) is 41.9 Å². The minimum absolute atomic E-state index is 0.0164. The van der Waals surface area contributed by atoms with Crippen LogP contribution in [0, 0.1) is 0 Å². The van der Waals surface area contributed by atoms with Gasteiger partial charge in [0.1, 0.15) is 43.0 Å². The number of urea groups is 1. The van der Waals surface area contributed by atoms with Crippen molar-refractivity contribution >= 4 is 76.4 Å². The van der Waals surface area contributed by atoms with Gasteiger partial charge in [-0.3, -0.25) is 28.8 Å². The number of ether oxygens (including phenoxy) is 4. The summed E-state index contributed by atoms with van der Waals surface area (Å²) in [5.41, 5.74) is 10.1. The van der Waals surface area contributed by atoms with E-state index in [1.54, 1.807) is 0 Å². The van der Waals surface area contributed by atoms with E-state index in [9.17, 15) is 59.1 Å². The first-order valence-corrected chi connectivity index (χ1v) is 28.8. The number of phenols is 4. The van der Waals surface area contributed by atoms with Crippen LogP contribution < -0.4 is 41.5 Å². The number of hydrogen-bond acceptors (Lipinski definition) is 19. The third-order valence-corrected chi connectivity index (χ3v) is 16.6. The van der Waals surface area contributed by atoms with E-state index in [0.29, 0.717) is 48.7 Å². The van der Waals surface area contributed by atoms with Crippen LogP contribution in [0.15, 0.2) is 53.6 Å². The molecule has 3 fully saturated rings. The Morgan fingerprint density at radius 3 is 2.27 bits per heavy atom. The summed E-state index contributed by atoms with van der Waals surface area (Å²) >= 11 is 2.89. The first-order chi connectivity index (χ1) is 39.1. The number of nitrogens with zero attached hydrogens (tertiary/aromatic N) is 4. The van der Waals surface area contributed by atoms with Gasteiger partial charge < -0.3 is 76.4 Å². The fraction of sp³-hybridized carbons (Fsp3) is 0.528. The quantitative estimate of drug-likeness (QED) is 0.00622. The van der Waals surface area contributed by atoms with Crippen molar-refractivity contribution in [1.82, 2.24) is 31.9 Å². The van der Waals surface area contributed by atoms with Gasteiger partial charge in [0.05, 0.1) is 42.3 Å². The van der Waals surface area contributed by atoms with Gasteiger partial charge in [-0.25, -0.2) is 9.69 Å². The van der Waals surface area contributed by atoms with Gasteiger partial charge in [-0.15, -0.1) is 11.8 Å². The molecule has 438 valence electrons. The number of imide groups is 1. The Hall–Kier alpha value is -7.20. The van der Waals surface area contributed by atoms with Gasteiger partial charge in [0, 0.05) is 96.3 Å². The number of hydrogen-bond donors (Lipinski definition) is 11. The Bertz CT molecular complexity index is 2770. The molecule has 0 radical (unpaired) electrons. The molecule has 7 atom stereocenters. The number of rotatable bonds is 32. The number of azide groups is 1. The van der Waals surface area contributed by atoms with Crippen LogP contribution in [0.3, 0.4) is 0 Å². The molecule has 11 N–H and O–H groups in total. The molecule has 0 saturated carbocycles. The summed E-state index contributed by atoms with van der Waals surface area (Å²) < 4.78 is 22.2. The SMILES string of the molecule is [N-]=[N+]=Nc1ccc(N2C(=O)CC(SC[C@H](NC(=O)CCCCCNC(=O)CCc3c(O)cc(O)c4c3O[C@H](c3ccc(O)c(O)c3)[C@@H](O)C4)C(=O)NCCOCOCOCCNC(=O)CCCC[C@@H]3SCC4NC(=O)NC43)C2=O)cc1. The van der Waals surface area contributed by atoms with Gasteiger partial charge >= 0.3 is 6.03 Å². The molecule has 0 bridgehead atoms. The number of phenolic OH excluding ortho intramolecular Hbond substituents is 4. The molecule has 81 heavy (non-hydrogen) atoms. The Morgan fingerprint density at radius 1 is 0.802 bits per heavy atom. The second-order valence-electron chi connectivity index (χ2n) is 19.6. The predicted molar refractivity (Wildman–Crippen MR) is 296 cm³/mol. The van der Waals surface area contributed by atoms with Crippen molar-refractivity contribution in [2.24, 2.45) is 5.11 Å². The summed E-state index contributed by atoms with van der Waals surface area (Å²) in [6, 6.07) is 10.1. The predicted octanol–water partition coefficient (Wildman–Crippen LogP) is 3.57. The van der Waals surface area contributed by atoms with Crippen LogP contribution in [0.4, 0.5) is 16.2 Å². The van der Waals surface area contributed by atoms with Crippen molar-refractivity contribution in [2.45, 2.75) is 118 Å². The average Bonchev–Trinajstić information content (AvgIpc) is 4.13. The number of nitrogens with one attached hydrogen (secondary N) is 6. The maximum absolute atomic E-state index is 13.5. The Balaban J connectivity index is 0.790. The number of carbonyl (C=O) groups is 7. The molecule has 26 nitrogen and oxygen atoms in total. The summed E-state index contributed by atoms with van der Waals surface area (Å²) in [4.78, 5) is 93.7. The van der Waals surface area contributed by atoms with Crippen LogP contribution >= 0.6 is 23.5 Å². The third-order valence-electron chi connectivity index (χ3n) is 13.8. The number of aliphatic hydroxyl groups is 1. The van der Waals surface area contributed by atoms with Gasteiger partial charge in [-0.1, -0.05) is 36.2 Å². The molecule has 3 saturated heterocycles. The summed E-state index contributed by atoms with van der Waals surface area (Å²) in [6.45, 7) is 0.608. The van der Waals surface area contributed by atoms with Crippen molar-refractivity contribution in [3.63, 3.8) is 0 Å². The van der Waals surface area contributed by atoms with E-state index in [1.165, 1.54) is 42.5 Å². The van der Waals surface area contributed by atoms with Crippen LogP contribution in [0.2, 0.25) is 0 Å². The van der Waals surface area contributed by atoms with Gasteiger partial charge in [-0.05, 0) is 67.5 Å². The Labute approximate surface area is 474 Å². The highest BCUT2D eigenvalue weighted by molar-refractivity contribution is 8.00. The van der Waals surface area contributed by atoms with Gasteiger partial charge in [0.2, 0.25) is 35.4 Å². The zero-order valence-electron chi connectivity index (χ0n) is 44.3. The standard InChI is InChI=1S/C53H68N10O16S2/c54-62-61-31-10-12-32(13-11-31)63-47(72)25-43(52(63)74)81-27-36(51(73)57-19-21-77-29-78-28-76-20-18-56-44(69)7-4-3-6-42-48-35(26-80-42)59-53(75)60-48)58-46(71)8-2-1-5-17-55-45(70)16-14-33-38(65)24-39(66)34-23-41(68)49(79-50(33)34)30-9-15-37(64)40(67)22-30/h9-13,15,22,24,35-36,41-43,48-49,64-68H,1-8,14,16-21,23,25-29H2,(H,55,70)(H,56,69)(H,57,73)(H,58,71)(H2,59,60,75)/t35?,36-,41-,42-,43?,48?,49+/m0/s1. The Morgan fingerprint density at radius 2 is 1.52 bits per heavy atom. The second kappa shape index (κ2) is 30.6. The van der Waals surface area contributed by atoms with E-state index in [-0.39, 0.29) is 147 Å². The van der Waals surface area contributed by atoms with E-state index < -0.39 is 52.9 Å². The molecule has 3 aromatic rings. The van der Waals surface area contributed by atoms with Gasteiger partial charge in [-0.2, -0.15) is 11.8 Å². The molecule has 3 aromatic carbocycles. The second-order valence-corrected chi connectivity index (χ2v) is 22.1. The number of carbonyl (C=O) groups excluding carboxylic acids is 7. The summed E-state index contributed by atoms with van der Waals surface area (Å²) in [6.07, 6.45) is 2.00. The van der Waals surface area contributed by atoms with Crippen LogP contribution in [-0.4, -0.2) is 160 Å². The third kappa shape index (κ3) is 17.6. The van der Waals surface area contributed by atoms with Crippen molar-refractivity contribution in [1.29, 1.82) is 0 Å². The molecule has 28 heteroatoms. The molecular weight excluding hydrogens is 1100 g/mol. The lowest BCUT2D eigenvalue weighted by molar-refractivity contribution is -0.134. The Kier molecular flexibility index (Phi) is 23.2. The molecule has 4 heterocycles. The summed E-state index contributed by atoms with van der Waals surface area (Å²) in [5.74, 6) is -2.83. The lowest BCUT2D eigenvalue weighted by Crippen LogP contribution is -2.49. The number of aromatic hydroxyl groups is 4. The molecule has 3 unspecified atom stereocenters. The van der Waals surface area contributed by atoms with Gasteiger partial charge in [0.15, 0.2) is 11.5 Å². The minimum Gasteiger partial charge on any atom is -0.507 e. The zero-order valence-corrected chi connectivity index (χ0v) is 46.0. The van der Waals surface area contributed by atoms with Crippen LogP contribution in [0.5, 0.6) is 28.7 Å².